The van der Waals surface area contributed by atoms with Gasteiger partial charge in [0.05, 0.1) is 31.4 Å². The summed E-state index contributed by atoms with van der Waals surface area (Å²) in [5.74, 6) is -0.717. The van der Waals surface area contributed by atoms with Crippen LogP contribution in [-0.2, 0) is 9.59 Å². The zero-order valence-electron chi connectivity index (χ0n) is 17.4. The first-order valence-electron chi connectivity index (χ1n) is 9.94. The van der Waals surface area contributed by atoms with Gasteiger partial charge in [-0.1, -0.05) is 25.8 Å². The van der Waals surface area contributed by atoms with Crippen LogP contribution < -0.4 is 9.47 Å². The molecule has 0 aliphatic carbocycles. The number of methoxy groups -OCH3 is 2. The molecule has 158 valence electrons. The van der Waals surface area contributed by atoms with E-state index in [1.54, 1.807) is 42.7 Å². The number of rotatable bonds is 8. The van der Waals surface area contributed by atoms with E-state index in [0.717, 1.165) is 19.3 Å². The lowest BCUT2D eigenvalue weighted by atomic mass is 9.96. The quantitative estimate of drug-likeness (QED) is 0.309. The van der Waals surface area contributed by atoms with Crippen molar-refractivity contribution < 1.29 is 24.2 Å². The number of hydrogen-bond acceptors (Lipinski definition) is 6. The van der Waals surface area contributed by atoms with Crippen molar-refractivity contribution >= 4 is 17.4 Å². The Balaban J connectivity index is 2.14. The number of aliphatic hydroxyl groups is 1. The highest BCUT2D eigenvalue weighted by Crippen LogP contribution is 2.41. The number of ketones is 1. The predicted molar refractivity (Wildman–Crippen MR) is 112 cm³/mol. The molecule has 1 aromatic carbocycles. The largest absolute Gasteiger partial charge is 0.507 e. The maximum absolute atomic E-state index is 13.0. The van der Waals surface area contributed by atoms with Crippen LogP contribution in [0.2, 0.25) is 0 Å². The molecule has 0 saturated carbocycles. The number of aliphatic hydroxyl groups excluding tert-OH is 1. The highest BCUT2D eigenvalue weighted by atomic mass is 16.5. The standard InChI is InChI=1S/C23H26N2O5/c1-4-5-6-12-25-20(15-8-7-11-24-14-15)19(22(27)23(25)28)21(26)17-10-9-16(29-2)13-18(17)30-3/h7-11,13-14,20,26H,4-6,12H2,1-3H3/b21-19-. The molecule has 2 aromatic rings. The Morgan fingerprint density at radius 3 is 2.60 bits per heavy atom. The van der Waals surface area contributed by atoms with E-state index in [-0.39, 0.29) is 11.3 Å². The fraction of sp³-hybridized carbons (Fsp3) is 0.348. The van der Waals surface area contributed by atoms with Crippen LogP contribution in [0.25, 0.3) is 5.76 Å². The lowest BCUT2D eigenvalue weighted by molar-refractivity contribution is -0.139. The molecule has 0 spiro atoms. The number of carbonyl (C=O) groups is 2. The molecule has 1 aliphatic rings. The summed E-state index contributed by atoms with van der Waals surface area (Å²) in [6, 6.07) is 7.73. The van der Waals surface area contributed by atoms with E-state index in [1.807, 2.05) is 0 Å². The van der Waals surface area contributed by atoms with Gasteiger partial charge in [0.15, 0.2) is 0 Å². The van der Waals surface area contributed by atoms with E-state index in [9.17, 15) is 14.7 Å². The average Bonchev–Trinajstić information content (AvgIpc) is 3.04. The molecule has 3 rings (SSSR count). The molecular weight excluding hydrogens is 384 g/mol. The maximum Gasteiger partial charge on any atom is 0.295 e. The van der Waals surface area contributed by atoms with E-state index in [2.05, 4.69) is 11.9 Å². The number of Topliss-reactive ketones (excluding diaryl/α,β-unsaturated/α-hetero) is 1. The van der Waals surface area contributed by atoms with Gasteiger partial charge in [0.25, 0.3) is 11.7 Å². The SMILES string of the molecule is CCCCCN1C(=O)C(=O)/C(=C(\O)c2ccc(OC)cc2OC)C1c1cccnc1. The minimum absolute atomic E-state index is 0.0352. The van der Waals surface area contributed by atoms with Crippen LogP contribution in [0.4, 0.5) is 0 Å². The number of nitrogens with zero attached hydrogens (tertiary/aromatic N) is 2. The highest BCUT2D eigenvalue weighted by molar-refractivity contribution is 6.46. The molecular formula is C23H26N2O5. The zero-order chi connectivity index (χ0) is 21.7. The third-order valence-electron chi connectivity index (χ3n) is 5.21. The van der Waals surface area contributed by atoms with Crippen LogP contribution in [0, 0.1) is 0 Å². The van der Waals surface area contributed by atoms with Crippen molar-refractivity contribution in [1.29, 1.82) is 0 Å². The Labute approximate surface area is 175 Å². The number of benzene rings is 1. The molecule has 2 heterocycles. The number of aromatic nitrogens is 1. The van der Waals surface area contributed by atoms with Crippen molar-refractivity contribution in [1.82, 2.24) is 9.88 Å². The van der Waals surface area contributed by atoms with Crippen molar-refractivity contribution in [2.24, 2.45) is 0 Å². The summed E-state index contributed by atoms with van der Waals surface area (Å²) >= 11 is 0. The van der Waals surface area contributed by atoms with Crippen LogP contribution in [-0.4, -0.2) is 47.4 Å². The summed E-state index contributed by atoms with van der Waals surface area (Å²) in [5, 5.41) is 11.1. The Kier molecular flexibility index (Phi) is 6.72. The molecule has 1 atom stereocenters. The molecule has 1 unspecified atom stereocenters. The minimum atomic E-state index is -0.712. The van der Waals surface area contributed by atoms with Crippen LogP contribution in [0.1, 0.15) is 43.4 Å². The third-order valence-corrected chi connectivity index (χ3v) is 5.21. The lowest BCUT2D eigenvalue weighted by Crippen LogP contribution is -2.30. The molecule has 1 amide bonds. The van der Waals surface area contributed by atoms with Crippen LogP contribution in [0.5, 0.6) is 11.5 Å². The summed E-state index contributed by atoms with van der Waals surface area (Å²) < 4.78 is 10.6. The fourth-order valence-electron chi connectivity index (χ4n) is 3.67. The number of pyridine rings is 1. The van der Waals surface area contributed by atoms with Crippen LogP contribution >= 0.6 is 0 Å². The van der Waals surface area contributed by atoms with Crippen LogP contribution in [0.15, 0.2) is 48.3 Å². The Bertz CT molecular complexity index is 955. The van der Waals surface area contributed by atoms with Gasteiger partial charge < -0.3 is 19.5 Å². The van der Waals surface area contributed by atoms with Crippen molar-refractivity contribution in [3.8, 4) is 11.5 Å². The second-order valence-electron chi connectivity index (χ2n) is 7.05. The molecule has 1 saturated heterocycles. The van der Waals surface area contributed by atoms with E-state index in [1.165, 1.54) is 19.1 Å². The van der Waals surface area contributed by atoms with Gasteiger partial charge in [0.2, 0.25) is 0 Å². The van der Waals surface area contributed by atoms with Gasteiger partial charge in [-0.2, -0.15) is 0 Å². The van der Waals surface area contributed by atoms with E-state index < -0.39 is 17.7 Å². The summed E-state index contributed by atoms with van der Waals surface area (Å²) in [7, 11) is 2.99. The third kappa shape index (κ3) is 4.01. The molecule has 1 aliphatic heterocycles. The average molecular weight is 410 g/mol. The van der Waals surface area contributed by atoms with Crippen molar-refractivity contribution in [2.45, 2.75) is 32.2 Å². The first-order valence-corrected chi connectivity index (χ1v) is 9.94. The Morgan fingerprint density at radius 2 is 1.97 bits per heavy atom. The van der Waals surface area contributed by atoms with Crippen molar-refractivity contribution in [3.63, 3.8) is 0 Å². The van der Waals surface area contributed by atoms with Gasteiger partial charge in [0.1, 0.15) is 17.3 Å². The molecule has 7 heteroatoms. The highest BCUT2D eigenvalue weighted by Gasteiger charge is 2.46. The second kappa shape index (κ2) is 9.43. The normalized spacial score (nSPS) is 18.0. The zero-order valence-corrected chi connectivity index (χ0v) is 17.4. The predicted octanol–water partition coefficient (Wildman–Crippen LogP) is 3.71. The summed E-state index contributed by atoms with van der Waals surface area (Å²) in [6.07, 6.45) is 5.94. The van der Waals surface area contributed by atoms with Gasteiger partial charge >= 0.3 is 0 Å². The molecule has 1 aromatic heterocycles. The topological polar surface area (TPSA) is 89.0 Å². The molecule has 7 nitrogen and oxygen atoms in total. The van der Waals surface area contributed by atoms with Crippen LogP contribution in [0.3, 0.4) is 0 Å². The number of carbonyl (C=O) groups excluding carboxylic acids is 2. The number of ether oxygens (including phenoxy) is 2. The van der Waals surface area contributed by atoms with Gasteiger partial charge in [-0.25, -0.2) is 0 Å². The van der Waals surface area contributed by atoms with Gasteiger partial charge in [-0.05, 0) is 30.2 Å². The van der Waals surface area contributed by atoms with Crippen molar-refractivity contribution in [3.05, 3.63) is 59.4 Å². The molecule has 30 heavy (non-hydrogen) atoms. The van der Waals surface area contributed by atoms with E-state index in [0.29, 0.717) is 29.2 Å². The monoisotopic (exact) mass is 410 g/mol. The number of amides is 1. The fourth-order valence-corrected chi connectivity index (χ4v) is 3.67. The molecule has 0 bridgehead atoms. The van der Waals surface area contributed by atoms with Crippen molar-refractivity contribution in [2.75, 3.05) is 20.8 Å². The summed E-state index contributed by atoms with van der Waals surface area (Å²) in [4.78, 5) is 31.5. The summed E-state index contributed by atoms with van der Waals surface area (Å²) in [6.45, 7) is 2.50. The number of likely N-dealkylation sites (tertiary alicyclic amines) is 1. The first kappa shape index (κ1) is 21.4. The minimum Gasteiger partial charge on any atom is -0.507 e. The second-order valence-corrected chi connectivity index (χ2v) is 7.05. The number of hydrogen-bond donors (Lipinski definition) is 1. The maximum atomic E-state index is 13.0. The van der Waals surface area contributed by atoms with E-state index >= 15 is 0 Å². The van der Waals surface area contributed by atoms with Gasteiger partial charge in [-0.15, -0.1) is 0 Å². The molecule has 0 radical (unpaired) electrons. The molecule has 1 N–H and O–H groups in total. The smallest absolute Gasteiger partial charge is 0.295 e. The number of unbranched alkanes of at least 4 members (excludes halogenated alkanes) is 2. The lowest BCUT2D eigenvalue weighted by Gasteiger charge is -2.25. The Morgan fingerprint density at radius 1 is 1.17 bits per heavy atom. The van der Waals surface area contributed by atoms with E-state index in [4.69, 9.17) is 9.47 Å². The first-order chi connectivity index (χ1) is 14.5. The molecule has 1 fully saturated rings. The van der Waals surface area contributed by atoms with Gasteiger partial charge in [0, 0.05) is 25.0 Å². The van der Waals surface area contributed by atoms with Gasteiger partial charge in [-0.3, -0.25) is 14.6 Å². The summed E-state index contributed by atoms with van der Waals surface area (Å²) in [5.41, 5.74) is 1.02. The Hall–Kier alpha value is -3.35.